The summed E-state index contributed by atoms with van der Waals surface area (Å²) in [6, 6.07) is 2.21. The van der Waals surface area contributed by atoms with Crippen LogP contribution in [-0.4, -0.2) is 65.0 Å². The van der Waals surface area contributed by atoms with E-state index < -0.39 is 0 Å². The largest absolute Gasteiger partial charge is 0.370 e. The summed E-state index contributed by atoms with van der Waals surface area (Å²) in [6.45, 7) is 12.9. The lowest BCUT2D eigenvalue weighted by Crippen LogP contribution is -2.48. The highest BCUT2D eigenvalue weighted by Gasteiger charge is 2.25. The molecule has 0 bridgehead atoms. The molecule has 0 amide bonds. The minimum Gasteiger partial charge on any atom is -0.370 e. The topological polar surface area (TPSA) is 27.0 Å². The third-order valence-electron chi connectivity index (χ3n) is 7.21. The Bertz CT molecular complexity index is 940. The summed E-state index contributed by atoms with van der Waals surface area (Å²) in [5.74, 6) is 0.834. The van der Waals surface area contributed by atoms with Crippen LogP contribution in [0.5, 0.6) is 0 Å². The van der Waals surface area contributed by atoms with Gasteiger partial charge in [-0.2, -0.15) is 0 Å². The van der Waals surface area contributed by atoms with E-state index in [0.717, 1.165) is 11.6 Å². The number of aryl methyl sites for hydroxylation is 1. The molecule has 0 saturated carbocycles. The lowest BCUT2D eigenvalue weighted by Gasteiger charge is -2.41. The first-order chi connectivity index (χ1) is 14.7. The smallest absolute Gasteiger partial charge is 0.137 e. The van der Waals surface area contributed by atoms with Gasteiger partial charge in [0.25, 0.3) is 0 Å². The van der Waals surface area contributed by atoms with Crippen LogP contribution >= 0.6 is 0 Å². The maximum Gasteiger partial charge on any atom is 0.137 e. The Morgan fingerprint density at radius 2 is 1.80 bits per heavy atom. The maximum atomic E-state index is 4.41. The molecular weight excluding hydrogens is 370 g/mol. The van der Waals surface area contributed by atoms with Crippen molar-refractivity contribution >= 4 is 11.3 Å². The van der Waals surface area contributed by atoms with Gasteiger partial charge in [0, 0.05) is 70.1 Å². The fourth-order valence-corrected chi connectivity index (χ4v) is 5.34. The first kappa shape index (κ1) is 19.7. The van der Waals surface area contributed by atoms with Gasteiger partial charge in [-0.15, -0.1) is 0 Å². The summed E-state index contributed by atoms with van der Waals surface area (Å²) >= 11 is 0. The maximum absolute atomic E-state index is 4.41. The average Bonchev–Trinajstić information content (AvgIpc) is 3.21. The van der Waals surface area contributed by atoms with Gasteiger partial charge in [-0.05, 0) is 63.2 Å². The number of imidazole rings is 1. The number of allylic oxidation sites excluding steroid dienone is 3. The summed E-state index contributed by atoms with van der Waals surface area (Å²) in [5.41, 5.74) is 6.75. The molecule has 5 nitrogen and oxygen atoms in total. The second-order valence-corrected chi connectivity index (χ2v) is 9.41. The van der Waals surface area contributed by atoms with Crippen molar-refractivity contribution < 1.29 is 0 Å². The molecule has 4 heterocycles. The van der Waals surface area contributed by atoms with Gasteiger partial charge < -0.3 is 14.2 Å². The van der Waals surface area contributed by atoms with Crippen molar-refractivity contribution in [3.8, 4) is 0 Å². The third-order valence-corrected chi connectivity index (χ3v) is 7.21. The van der Waals surface area contributed by atoms with Crippen molar-refractivity contribution in [2.24, 2.45) is 5.92 Å². The fourth-order valence-electron chi connectivity index (χ4n) is 5.34. The Balaban J connectivity index is 1.12. The highest BCUT2D eigenvalue weighted by Crippen LogP contribution is 2.28. The first-order valence-electron chi connectivity index (χ1n) is 11.7. The second-order valence-electron chi connectivity index (χ2n) is 9.41. The quantitative estimate of drug-likeness (QED) is 0.765. The zero-order valence-corrected chi connectivity index (χ0v) is 18.6. The summed E-state index contributed by atoms with van der Waals surface area (Å²) in [7, 11) is 0. The normalized spacial score (nSPS) is 21.8. The van der Waals surface area contributed by atoms with Crippen LogP contribution in [0.1, 0.15) is 38.2 Å². The zero-order chi connectivity index (χ0) is 20.5. The van der Waals surface area contributed by atoms with E-state index in [1.807, 2.05) is 12.4 Å². The van der Waals surface area contributed by atoms with Crippen LogP contribution in [0.4, 0.5) is 5.69 Å². The molecule has 0 unspecified atom stereocenters. The molecule has 0 atom stereocenters. The Labute approximate surface area is 180 Å². The van der Waals surface area contributed by atoms with Gasteiger partial charge in [0.1, 0.15) is 5.65 Å². The molecule has 5 rings (SSSR count). The number of hydrogen-bond donors (Lipinski definition) is 0. The molecule has 2 aromatic heterocycles. The molecule has 5 heteroatoms. The molecule has 30 heavy (non-hydrogen) atoms. The van der Waals surface area contributed by atoms with Crippen LogP contribution in [-0.2, 0) is 0 Å². The Morgan fingerprint density at radius 3 is 2.57 bits per heavy atom. The van der Waals surface area contributed by atoms with Gasteiger partial charge in [0.05, 0.1) is 5.69 Å². The molecule has 2 aliphatic heterocycles. The molecule has 160 valence electrons. The molecule has 1 aliphatic carbocycles. The second kappa shape index (κ2) is 8.46. The first-order valence-corrected chi connectivity index (χ1v) is 11.7. The molecule has 2 fully saturated rings. The summed E-state index contributed by atoms with van der Waals surface area (Å²) in [6.07, 6.45) is 16.1. The van der Waals surface area contributed by atoms with Crippen molar-refractivity contribution in [3.63, 3.8) is 0 Å². The molecule has 0 aromatic carbocycles. The van der Waals surface area contributed by atoms with Gasteiger partial charge in [0.2, 0.25) is 0 Å². The fraction of sp³-hybridized carbons (Fsp3) is 0.560. The van der Waals surface area contributed by atoms with E-state index in [4.69, 9.17) is 0 Å². The van der Waals surface area contributed by atoms with Crippen LogP contribution in [0.25, 0.3) is 5.65 Å². The van der Waals surface area contributed by atoms with E-state index in [1.54, 1.807) is 0 Å². The van der Waals surface area contributed by atoms with E-state index in [-0.39, 0.29) is 0 Å². The summed E-state index contributed by atoms with van der Waals surface area (Å²) in [5, 5.41) is 0. The predicted octanol–water partition coefficient (Wildman–Crippen LogP) is 4.10. The van der Waals surface area contributed by atoms with Crippen molar-refractivity contribution in [1.82, 2.24) is 19.2 Å². The number of aromatic nitrogens is 2. The van der Waals surface area contributed by atoms with Gasteiger partial charge in [-0.25, -0.2) is 4.98 Å². The van der Waals surface area contributed by atoms with Crippen molar-refractivity contribution in [2.45, 2.75) is 39.5 Å². The molecular formula is C25H35N5. The van der Waals surface area contributed by atoms with E-state index in [1.165, 1.54) is 94.0 Å². The van der Waals surface area contributed by atoms with Gasteiger partial charge in [0.15, 0.2) is 0 Å². The van der Waals surface area contributed by atoms with Gasteiger partial charge >= 0.3 is 0 Å². The van der Waals surface area contributed by atoms with Crippen molar-refractivity contribution in [3.05, 3.63) is 53.6 Å². The minimum absolute atomic E-state index is 0.834. The number of fused-ring (bicyclic) bond motifs is 1. The predicted molar refractivity (Wildman–Crippen MR) is 124 cm³/mol. The lowest BCUT2D eigenvalue weighted by atomic mass is 9.95. The summed E-state index contributed by atoms with van der Waals surface area (Å²) in [4.78, 5) is 12.3. The molecule has 2 aromatic rings. The third kappa shape index (κ3) is 4.13. The van der Waals surface area contributed by atoms with E-state index in [2.05, 4.69) is 62.3 Å². The van der Waals surface area contributed by atoms with Crippen molar-refractivity contribution in [2.75, 3.05) is 50.7 Å². The van der Waals surface area contributed by atoms with Gasteiger partial charge in [-0.3, -0.25) is 4.90 Å². The van der Waals surface area contributed by atoms with E-state index in [0.29, 0.717) is 0 Å². The minimum atomic E-state index is 0.834. The number of piperazine rings is 1. The van der Waals surface area contributed by atoms with Crippen LogP contribution in [0.2, 0.25) is 0 Å². The zero-order valence-electron chi connectivity index (χ0n) is 18.6. The number of pyridine rings is 1. The molecule has 0 spiro atoms. The Kier molecular flexibility index (Phi) is 5.55. The molecule has 3 aliphatic rings. The molecule has 0 N–H and O–H groups in total. The SMILES string of the molecule is CC1=CC(N2CCN(CC3CCN(c4cn5ccnc5cc4C)CC3)CC2)=CCC1. The van der Waals surface area contributed by atoms with Crippen molar-refractivity contribution in [1.29, 1.82) is 0 Å². The van der Waals surface area contributed by atoms with Crippen LogP contribution in [0.3, 0.4) is 0 Å². The number of nitrogens with zero attached hydrogens (tertiary/aromatic N) is 5. The van der Waals surface area contributed by atoms with Crippen LogP contribution in [0, 0.1) is 12.8 Å². The number of hydrogen-bond acceptors (Lipinski definition) is 4. The molecule has 2 saturated heterocycles. The average molecular weight is 406 g/mol. The van der Waals surface area contributed by atoms with E-state index >= 15 is 0 Å². The molecule has 0 radical (unpaired) electrons. The Hall–Kier alpha value is -2.27. The highest BCUT2D eigenvalue weighted by molar-refractivity contribution is 5.58. The Morgan fingerprint density at radius 1 is 1.00 bits per heavy atom. The van der Waals surface area contributed by atoms with E-state index in [9.17, 15) is 0 Å². The highest BCUT2D eigenvalue weighted by atomic mass is 15.3. The number of rotatable bonds is 4. The number of piperidine rings is 1. The number of anilines is 1. The standard InChI is InChI=1S/C25H35N5/c1-20-4-3-5-23(16-20)28-14-12-27(13-15-28)18-22-6-9-29(10-7-22)24-19-30-11-8-26-25(30)17-21(24)2/h5,8,11,16-17,19,22H,3-4,6-7,9-10,12-15,18H2,1-2H3. The monoisotopic (exact) mass is 405 g/mol. The van der Waals surface area contributed by atoms with Gasteiger partial charge in [-0.1, -0.05) is 11.6 Å². The lowest BCUT2D eigenvalue weighted by molar-refractivity contribution is 0.135. The van der Waals surface area contributed by atoms with Crippen LogP contribution < -0.4 is 4.90 Å². The van der Waals surface area contributed by atoms with Crippen LogP contribution in [0.15, 0.2) is 48.1 Å². The summed E-state index contributed by atoms with van der Waals surface area (Å²) < 4.78 is 2.15.